The van der Waals surface area contributed by atoms with Crippen LogP contribution in [0.25, 0.3) is 0 Å². The SMILES string of the molecule is Cc1nn(C)c(C)c1C(C)NCCc1cnc[nH]1. The number of hydrogen-bond donors (Lipinski definition) is 2. The summed E-state index contributed by atoms with van der Waals surface area (Å²) in [4.78, 5) is 7.12. The van der Waals surface area contributed by atoms with Gasteiger partial charge in [-0.3, -0.25) is 4.68 Å². The van der Waals surface area contributed by atoms with Gasteiger partial charge in [0.2, 0.25) is 0 Å². The monoisotopic (exact) mass is 247 g/mol. The summed E-state index contributed by atoms with van der Waals surface area (Å²) in [7, 11) is 1.99. The van der Waals surface area contributed by atoms with Crippen molar-refractivity contribution in [2.45, 2.75) is 33.2 Å². The van der Waals surface area contributed by atoms with E-state index in [0.29, 0.717) is 6.04 Å². The molecular weight excluding hydrogens is 226 g/mol. The molecule has 2 aromatic rings. The Balaban J connectivity index is 1.93. The van der Waals surface area contributed by atoms with Gasteiger partial charge in [-0.1, -0.05) is 0 Å². The van der Waals surface area contributed by atoms with Crippen molar-refractivity contribution >= 4 is 0 Å². The zero-order valence-corrected chi connectivity index (χ0v) is 11.5. The molecule has 0 amide bonds. The second-order valence-electron chi connectivity index (χ2n) is 4.71. The van der Waals surface area contributed by atoms with Crippen LogP contribution in [-0.2, 0) is 13.5 Å². The fourth-order valence-corrected chi connectivity index (χ4v) is 2.36. The molecule has 2 aromatic heterocycles. The minimum absolute atomic E-state index is 0.321. The maximum absolute atomic E-state index is 4.45. The normalized spacial score (nSPS) is 12.9. The maximum Gasteiger partial charge on any atom is 0.0921 e. The summed E-state index contributed by atoms with van der Waals surface area (Å²) < 4.78 is 1.94. The highest BCUT2D eigenvalue weighted by atomic mass is 15.3. The molecule has 1 atom stereocenters. The molecule has 0 aliphatic heterocycles. The Hall–Kier alpha value is -1.62. The first-order valence-electron chi connectivity index (χ1n) is 6.30. The van der Waals surface area contributed by atoms with Crippen molar-refractivity contribution in [3.63, 3.8) is 0 Å². The third-order valence-electron chi connectivity index (χ3n) is 3.40. The summed E-state index contributed by atoms with van der Waals surface area (Å²) in [6.07, 6.45) is 4.55. The Morgan fingerprint density at radius 2 is 2.22 bits per heavy atom. The smallest absolute Gasteiger partial charge is 0.0921 e. The largest absolute Gasteiger partial charge is 0.348 e. The standard InChI is InChI=1S/C13H21N5/c1-9(13-10(2)17-18(4)11(13)3)15-6-5-12-7-14-8-16-12/h7-9,15H,5-6H2,1-4H3,(H,14,16). The van der Waals surface area contributed by atoms with E-state index in [-0.39, 0.29) is 0 Å². The lowest BCUT2D eigenvalue weighted by molar-refractivity contribution is 0.568. The zero-order valence-electron chi connectivity index (χ0n) is 11.5. The van der Waals surface area contributed by atoms with Crippen LogP contribution in [0.1, 0.15) is 35.6 Å². The van der Waals surface area contributed by atoms with E-state index in [4.69, 9.17) is 0 Å². The van der Waals surface area contributed by atoms with Crippen molar-refractivity contribution in [3.05, 3.63) is 35.2 Å². The van der Waals surface area contributed by atoms with Crippen LogP contribution in [0, 0.1) is 13.8 Å². The third-order valence-corrected chi connectivity index (χ3v) is 3.40. The predicted molar refractivity (Wildman–Crippen MR) is 71.4 cm³/mol. The third kappa shape index (κ3) is 2.61. The molecule has 1 unspecified atom stereocenters. The van der Waals surface area contributed by atoms with Crippen molar-refractivity contribution in [3.8, 4) is 0 Å². The van der Waals surface area contributed by atoms with Crippen LogP contribution >= 0.6 is 0 Å². The topological polar surface area (TPSA) is 58.5 Å². The van der Waals surface area contributed by atoms with Gasteiger partial charge in [-0.15, -0.1) is 0 Å². The van der Waals surface area contributed by atoms with Crippen LogP contribution < -0.4 is 5.32 Å². The molecule has 0 fully saturated rings. The Morgan fingerprint density at radius 3 is 2.78 bits per heavy atom. The van der Waals surface area contributed by atoms with Gasteiger partial charge in [0.25, 0.3) is 0 Å². The highest BCUT2D eigenvalue weighted by Gasteiger charge is 2.15. The number of rotatable bonds is 5. The quantitative estimate of drug-likeness (QED) is 0.844. The van der Waals surface area contributed by atoms with Gasteiger partial charge in [0.1, 0.15) is 0 Å². The Bertz CT molecular complexity index is 498. The highest BCUT2D eigenvalue weighted by Crippen LogP contribution is 2.20. The average molecular weight is 247 g/mol. The van der Waals surface area contributed by atoms with E-state index in [2.05, 4.69) is 41.2 Å². The van der Waals surface area contributed by atoms with Gasteiger partial charge in [-0.2, -0.15) is 5.10 Å². The lowest BCUT2D eigenvalue weighted by atomic mass is 10.1. The number of nitrogens with zero attached hydrogens (tertiary/aromatic N) is 3. The molecule has 2 N–H and O–H groups in total. The highest BCUT2D eigenvalue weighted by molar-refractivity contribution is 5.27. The summed E-state index contributed by atoms with van der Waals surface area (Å²) >= 11 is 0. The number of hydrogen-bond acceptors (Lipinski definition) is 3. The molecular formula is C13H21N5. The molecule has 2 rings (SSSR count). The molecule has 0 radical (unpaired) electrons. The average Bonchev–Trinajstić information content (AvgIpc) is 2.89. The van der Waals surface area contributed by atoms with Crippen LogP contribution in [0.5, 0.6) is 0 Å². The van der Waals surface area contributed by atoms with Gasteiger partial charge in [0.05, 0.1) is 12.0 Å². The van der Waals surface area contributed by atoms with Crippen LogP contribution in [-0.4, -0.2) is 26.3 Å². The summed E-state index contributed by atoms with van der Waals surface area (Å²) in [6, 6.07) is 0.321. The van der Waals surface area contributed by atoms with E-state index in [9.17, 15) is 0 Å². The van der Waals surface area contributed by atoms with Crippen molar-refractivity contribution in [2.24, 2.45) is 7.05 Å². The number of aryl methyl sites for hydroxylation is 2. The molecule has 5 nitrogen and oxygen atoms in total. The van der Waals surface area contributed by atoms with E-state index in [0.717, 1.165) is 24.4 Å². The lowest BCUT2D eigenvalue weighted by Gasteiger charge is -2.14. The van der Waals surface area contributed by atoms with Crippen molar-refractivity contribution in [1.29, 1.82) is 0 Å². The number of H-pyrrole nitrogens is 1. The molecule has 0 spiro atoms. The summed E-state index contributed by atoms with van der Waals surface area (Å²) in [6.45, 7) is 7.29. The molecule has 0 saturated carbocycles. The number of nitrogens with one attached hydrogen (secondary N) is 2. The molecule has 0 bridgehead atoms. The van der Waals surface area contributed by atoms with Gasteiger partial charge in [-0.25, -0.2) is 4.98 Å². The minimum Gasteiger partial charge on any atom is -0.348 e. The summed E-state index contributed by atoms with van der Waals surface area (Å²) in [5.41, 5.74) is 4.81. The Labute approximate surface area is 108 Å². The summed E-state index contributed by atoms with van der Waals surface area (Å²) in [5, 5.41) is 7.98. The van der Waals surface area contributed by atoms with E-state index in [1.54, 1.807) is 6.33 Å². The van der Waals surface area contributed by atoms with E-state index in [1.165, 1.54) is 11.3 Å². The first-order chi connectivity index (χ1) is 8.59. The maximum atomic E-state index is 4.45. The number of aromatic amines is 1. The van der Waals surface area contributed by atoms with Gasteiger partial charge in [0, 0.05) is 49.2 Å². The van der Waals surface area contributed by atoms with E-state index < -0.39 is 0 Å². The number of aromatic nitrogens is 4. The van der Waals surface area contributed by atoms with Crippen LogP contribution in [0.3, 0.4) is 0 Å². The van der Waals surface area contributed by atoms with Gasteiger partial charge < -0.3 is 10.3 Å². The molecule has 0 saturated heterocycles. The molecule has 2 heterocycles. The molecule has 18 heavy (non-hydrogen) atoms. The lowest BCUT2D eigenvalue weighted by Crippen LogP contribution is -2.22. The van der Waals surface area contributed by atoms with Gasteiger partial charge >= 0.3 is 0 Å². The van der Waals surface area contributed by atoms with Crippen molar-refractivity contribution in [2.75, 3.05) is 6.54 Å². The molecule has 98 valence electrons. The van der Waals surface area contributed by atoms with Gasteiger partial charge in [0.15, 0.2) is 0 Å². The summed E-state index contributed by atoms with van der Waals surface area (Å²) in [5.74, 6) is 0. The second-order valence-corrected chi connectivity index (χ2v) is 4.71. The fourth-order valence-electron chi connectivity index (χ4n) is 2.36. The minimum atomic E-state index is 0.321. The second kappa shape index (κ2) is 5.35. The van der Waals surface area contributed by atoms with Crippen LogP contribution in [0.4, 0.5) is 0 Å². The van der Waals surface area contributed by atoms with E-state index >= 15 is 0 Å². The van der Waals surface area contributed by atoms with Crippen molar-refractivity contribution < 1.29 is 0 Å². The van der Waals surface area contributed by atoms with Gasteiger partial charge in [-0.05, 0) is 20.8 Å². The molecule has 0 aliphatic carbocycles. The van der Waals surface area contributed by atoms with E-state index in [1.807, 2.05) is 17.9 Å². The molecule has 0 aromatic carbocycles. The predicted octanol–water partition coefficient (Wildman–Crippen LogP) is 1.65. The first-order valence-corrected chi connectivity index (χ1v) is 6.30. The first kappa shape index (κ1) is 12.8. The van der Waals surface area contributed by atoms with Crippen molar-refractivity contribution in [1.82, 2.24) is 25.1 Å². The molecule has 5 heteroatoms. The van der Waals surface area contributed by atoms with Crippen LogP contribution in [0.15, 0.2) is 12.5 Å². The Morgan fingerprint density at radius 1 is 1.44 bits per heavy atom. The Kier molecular flexibility index (Phi) is 3.81. The fraction of sp³-hybridized carbons (Fsp3) is 0.538. The number of imidazole rings is 1. The zero-order chi connectivity index (χ0) is 13.1. The van der Waals surface area contributed by atoms with Crippen LogP contribution in [0.2, 0.25) is 0 Å². The molecule has 0 aliphatic rings.